The van der Waals surface area contributed by atoms with Crippen LogP contribution >= 0.6 is 0 Å². The van der Waals surface area contributed by atoms with Gasteiger partial charge in [-0.25, -0.2) is 14.4 Å². The van der Waals surface area contributed by atoms with Crippen molar-refractivity contribution in [1.82, 2.24) is 14.9 Å². The van der Waals surface area contributed by atoms with Gasteiger partial charge >= 0.3 is 0 Å². The third-order valence-electron chi connectivity index (χ3n) is 2.75. The quantitative estimate of drug-likeness (QED) is 0.743. The minimum Gasteiger partial charge on any atom is -0.296 e. The number of nitrogens with zero attached hydrogens (tertiary/aromatic N) is 3. The summed E-state index contributed by atoms with van der Waals surface area (Å²) in [5.74, 6) is 0. The first-order valence-electron chi connectivity index (χ1n) is 5.31. The van der Waals surface area contributed by atoms with Crippen molar-refractivity contribution < 1.29 is 4.39 Å². The van der Waals surface area contributed by atoms with Crippen molar-refractivity contribution in [1.29, 1.82) is 0 Å². The van der Waals surface area contributed by atoms with Gasteiger partial charge in [-0.1, -0.05) is 0 Å². The van der Waals surface area contributed by atoms with Crippen LogP contribution in [0.1, 0.15) is 25.3 Å². The third kappa shape index (κ3) is 2.96. The van der Waals surface area contributed by atoms with E-state index in [0.717, 1.165) is 25.1 Å². The lowest BCUT2D eigenvalue weighted by Gasteiger charge is -2.34. The minimum absolute atomic E-state index is 0.516. The second-order valence-electron chi connectivity index (χ2n) is 4.47. The standard InChI is InChI=1S/C11H16FN3/c1-11(12)3-2-4-15(8-11)7-10-5-13-9-14-6-10/h5-6,9H,2-4,7-8H2,1H3/t11-/m0/s1. The van der Waals surface area contributed by atoms with Crippen LogP contribution < -0.4 is 0 Å². The van der Waals surface area contributed by atoms with Crippen molar-refractivity contribution in [2.45, 2.75) is 32.0 Å². The summed E-state index contributed by atoms with van der Waals surface area (Å²) in [7, 11) is 0. The average Bonchev–Trinajstić information content (AvgIpc) is 2.17. The lowest BCUT2D eigenvalue weighted by Crippen LogP contribution is -2.42. The van der Waals surface area contributed by atoms with Gasteiger partial charge in [0.2, 0.25) is 0 Å². The van der Waals surface area contributed by atoms with Crippen molar-refractivity contribution in [3.63, 3.8) is 0 Å². The van der Waals surface area contributed by atoms with E-state index in [1.54, 1.807) is 19.3 Å². The van der Waals surface area contributed by atoms with Crippen LogP contribution in [0.5, 0.6) is 0 Å². The summed E-state index contributed by atoms with van der Waals surface area (Å²) < 4.78 is 13.8. The van der Waals surface area contributed by atoms with Gasteiger partial charge < -0.3 is 0 Å². The number of piperidine rings is 1. The van der Waals surface area contributed by atoms with E-state index in [1.807, 2.05) is 0 Å². The van der Waals surface area contributed by atoms with Crippen LogP contribution in [-0.4, -0.2) is 33.6 Å². The maximum atomic E-state index is 13.8. The van der Waals surface area contributed by atoms with E-state index in [4.69, 9.17) is 0 Å². The van der Waals surface area contributed by atoms with E-state index in [9.17, 15) is 4.39 Å². The highest BCUT2D eigenvalue weighted by molar-refractivity contribution is 5.02. The summed E-state index contributed by atoms with van der Waals surface area (Å²) in [6, 6.07) is 0. The number of rotatable bonds is 2. The summed E-state index contributed by atoms with van der Waals surface area (Å²) in [5.41, 5.74) is 0.0173. The molecule has 0 N–H and O–H groups in total. The Hall–Kier alpha value is -1.03. The summed E-state index contributed by atoms with van der Waals surface area (Å²) in [6.07, 6.45) is 6.70. The molecule has 1 saturated heterocycles. The van der Waals surface area contributed by atoms with E-state index in [0.29, 0.717) is 13.0 Å². The molecular formula is C11H16FN3. The van der Waals surface area contributed by atoms with Crippen LogP contribution in [0.2, 0.25) is 0 Å². The first-order chi connectivity index (χ1) is 7.16. The van der Waals surface area contributed by atoms with Gasteiger partial charge in [-0.3, -0.25) is 4.90 Å². The van der Waals surface area contributed by atoms with E-state index in [1.165, 1.54) is 6.33 Å². The third-order valence-corrected chi connectivity index (χ3v) is 2.75. The molecule has 2 heterocycles. The van der Waals surface area contributed by atoms with Crippen molar-refractivity contribution in [3.05, 3.63) is 24.3 Å². The molecule has 0 amide bonds. The van der Waals surface area contributed by atoms with Gasteiger partial charge in [0.25, 0.3) is 0 Å². The highest BCUT2D eigenvalue weighted by atomic mass is 19.1. The molecule has 0 saturated carbocycles. The van der Waals surface area contributed by atoms with Crippen LogP contribution in [-0.2, 0) is 6.54 Å². The molecule has 0 aromatic carbocycles. The summed E-state index contributed by atoms with van der Waals surface area (Å²) in [6.45, 7) is 3.91. The monoisotopic (exact) mass is 209 g/mol. The molecule has 1 aromatic rings. The van der Waals surface area contributed by atoms with E-state index < -0.39 is 5.67 Å². The molecule has 3 nitrogen and oxygen atoms in total. The van der Waals surface area contributed by atoms with E-state index in [2.05, 4.69) is 14.9 Å². The fourth-order valence-corrected chi connectivity index (χ4v) is 2.10. The number of hydrogen-bond donors (Lipinski definition) is 0. The molecule has 15 heavy (non-hydrogen) atoms. The van der Waals surface area contributed by atoms with Gasteiger partial charge in [-0.2, -0.15) is 0 Å². The first kappa shape index (κ1) is 10.5. The Balaban J connectivity index is 1.95. The summed E-state index contributed by atoms with van der Waals surface area (Å²) >= 11 is 0. The lowest BCUT2D eigenvalue weighted by molar-refractivity contribution is 0.0562. The highest BCUT2D eigenvalue weighted by Crippen LogP contribution is 2.25. The van der Waals surface area contributed by atoms with Crippen LogP contribution in [0.25, 0.3) is 0 Å². The Labute approximate surface area is 89.3 Å². The SMILES string of the molecule is C[C@]1(F)CCCN(Cc2cncnc2)C1. The number of likely N-dealkylation sites (tertiary alicyclic amines) is 1. The number of halogens is 1. The predicted octanol–water partition coefficient (Wildman–Crippen LogP) is 1.80. The zero-order chi connectivity index (χ0) is 10.7. The van der Waals surface area contributed by atoms with Crippen LogP contribution in [0.4, 0.5) is 4.39 Å². The lowest BCUT2D eigenvalue weighted by atomic mass is 9.97. The van der Waals surface area contributed by atoms with E-state index in [-0.39, 0.29) is 0 Å². The topological polar surface area (TPSA) is 29.0 Å². The molecule has 1 atom stereocenters. The fraction of sp³-hybridized carbons (Fsp3) is 0.636. The molecule has 2 rings (SSSR count). The van der Waals surface area contributed by atoms with Crippen molar-refractivity contribution in [2.24, 2.45) is 0 Å². The number of aromatic nitrogens is 2. The van der Waals surface area contributed by atoms with Crippen molar-refractivity contribution in [3.8, 4) is 0 Å². The Bertz CT molecular complexity index is 313. The summed E-state index contributed by atoms with van der Waals surface area (Å²) in [4.78, 5) is 10.0. The molecule has 0 spiro atoms. The Morgan fingerprint density at radius 3 is 2.87 bits per heavy atom. The predicted molar refractivity (Wildman–Crippen MR) is 56.1 cm³/mol. The molecule has 0 aliphatic carbocycles. The minimum atomic E-state index is -1.03. The van der Waals surface area contributed by atoms with Crippen LogP contribution in [0.15, 0.2) is 18.7 Å². The van der Waals surface area contributed by atoms with Crippen LogP contribution in [0.3, 0.4) is 0 Å². The smallest absolute Gasteiger partial charge is 0.120 e. The van der Waals surface area contributed by atoms with Gasteiger partial charge in [0, 0.05) is 31.0 Å². The Morgan fingerprint density at radius 2 is 2.20 bits per heavy atom. The average molecular weight is 209 g/mol. The van der Waals surface area contributed by atoms with Crippen LogP contribution in [0, 0.1) is 0 Å². The Kier molecular flexibility index (Phi) is 2.95. The molecule has 0 bridgehead atoms. The zero-order valence-corrected chi connectivity index (χ0v) is 8.99. The van der Waals surface area contributed by atoms with Gasteiger partial charge in [-0.15, -0.1) is 0 Å². The Morgan fingerprint density at radius 1 is 1.47 bits per heavy atom. The highest BCUT2D eigenvalue weighted by Gasteiger charge is 2.30. The zero-order valence-electron chi connectivity index (χ0n) is 8.99. The van der Waals surface area contributed by atoms with Gasteiger partial charge in [-0.05, 0) is 26.3 Å². The molecular weight excluding hydrogens is 193 g/mol. The summed E-state index contributed by atoms with van der Waals surface area (Å²) in [5, 5.41) is 0. The number of alkyl halides is 1. The fourth-order valence-electron chi connectivity index (χ4n) is 2.10. The molecule has 82 valence electrons. The largest absolute Gasteiger partial charge is 0.296 e. The van der Waals surface area contributed by atoms with Crippen molar-refractivity contribution >= 4 is 0 Å². The maximum Gasteiger partial charge on any atom is 0.120 e. The molecule has 0 unspecified atom stereocenters. The first-order valence-corrected chi connectivity index (χ1v) is 5.31. The normalized spacial score (nSPS) is 27.9. The number of hydrogen-bond acceptors (Lipinski definition) is 3. The molecule has 1 aliphatic heterocycles. The maximum absolute atomic E-state index is 13.8. The second-order valence-corrected chi connectivity index (χ2v) is 4.47. The molecule has 0 radical (unpaired) electrons. The molecule has 1 fully saturated rings. The van der Waals surface area contributed by atoms with Crippen molar-refractivity contribution in [2.75, 3.05) is 13.1 Å². The molecule has 1 aliphatic rings. The van der Waals surface area contributed by atoms with Gasteiger partial charge in [0.1, 0.15) is 12.0 Å². The molecule has 4 heteroatoms. The van der Waals surface area contributed by atoms with Gasteiger partial charge in [0.15, 0.2) is 0 Å². The van der Waals surface area contributed by atoms with Gasteiger partial charge in [0.05, 0.1) is 0 Å². The van der Waals surface area contributed by atoms with E-state index >= 15 is 0 Å². The molecule has 1 aromatic heterocycles. The second kappa shape index (κ2) is 4.23.